The number of nitrogens with zero attached hydrogens (tertiary/aromatic N) is 4. The average Bonchev–Trinajstić information content (AvgIpc) is 3.47. The van der Waals surface area contributed by atoms with Crippen LogP contribution < -0.4 is 25.4 Å². The minimum absolute atomic E-state index is 0.00651. The predicted octanol–water partition coefficient (Wildman–Crippen LogP) is 5.14. The van der Waals surface area contributed by atoms with Gasteiger partial charge in [-0.1, -0.05) is 65.6 Å². The summed E-state index contributed by atoms with van der Waals surface area (Å²) in [6.07, 6.45) is 5.47. The van der Waals surface area contributed by atoms with Gasteiger partial charge in [-0.3, -0.25) is 14.5 Å². The SMILES string of the molecule is COc1ccc(OC)c(NC(=O)CSc2nnc(N3C(N)=C(C#N)C(/C=C/c4ccccc4)C4=C3CCCC4=O)s2)c1. The summed E-state index contributed by atoms with van der Waals surface area (Å²) in [6, 6.07) is 17.1. The first-order chi connectivity index (χ1) is 20.4. The molecule has 0 bridgehead atoms. The Morgan fingerprint density at radius 2 is 2.02 bits per heavy atom. The number of anilines is 2. The summed E-state index contributed by atoms with van der Waals surface area (Å²) < 4.78 is 11.1. The lowest BCUT2D eigenvalue weighted by Crippen LogP contribution is -2.39. The van der Waals surface area contributed by atoms with Gasteiger partial charge in [0, 0.05) is 29.7 Å². The third kappa shape index (κ3) is 6.02. The summed E-state index contributed by atoms with van der Waals surface area (Å²) in [6.45, 7) is 0. The second-order valence-corrected chi connectivity index (χ2v) is 11.6. The standard InChI is InChI=1S/C30H28N6O4S2/c1-39-19-12-14-25(40-2)22(15-19)33-26(38)17-41-30-35-34-29(42-30)36-23-9-6-10-24(37)27(23)20(21(16-31)28(36)32)13-11-18-7-4-3-5-8-18/h3-5,7-8,11-15,20H,6,9-10,17,32H2,1-2H3,(H,33,38)/b13-11+. The smallest absolute Gasteiger partial charge is 0.234 e. The van der Waals surface area contributed by atoms with Crippen LogP contribution in [0.5, 0.6) is 11.5 Å². The molecule has 2 heterocycles. The number of thioether (sulfide) groups is 1. The number of carbonyl (C=O) groups excluding carboxylic acids is 2. The van der Waals surface area contributed by atoms with Gasteiger partial charge in [-0.2, -0.15) is 5.26 Å². The topological polar surface area (TPSA) is 143 Å². The number of amides is 1. The molecule has 214 valence electrons. The summed E-state index contributed by atoms with van der Waals surface area (Å²) in [7, 11) is 3.07. The van der Waals surface area contributed by atoms with Crippen molar-refractivity contribution in [3.63, 3.8) is 0 Å². The van der Waals surface area contributed by atoms with Gasteiger partial charge >= 0.3 is 0 Å². The van der Waals surface area contributed by atoms with Crippen LogP contribution in [0.15, 0.2) is 81.6 Å². The fraction of sp³-hybridized carbons (Fsp3) is 0.233. The molecule has 3 N–H and O–H groups in total. The lowest BCUT2D eigenvalue weighted by molar-refractivity contribution is -0.116. The van der Waals surface area contributed by atoms with Crippen molar-refractivity contribution in [2.75, 3.05) is 30.2 Å². The maximum Gasteiger partial charge on any atom is 0.234 e. The first-order valence-electron chi connectivity index (χ1n) is 13.1. The lowest BCUT2D eigenvalue weighted by Gasteiger charge is -2.37. The molecule has 1 aliphatic carbocycles. The number of ether oxygens (including phenoxy) is 2. The van der Waals surface area contributed by atoms with Gasteiger partial charge in [0.1, 0.15) is 17.3 Å². The van der Waals surface area contributed by atoms with Gasteiger partial charge in [-0.25, -0.2) is 0 Å². The number of nitrogens with one attached hydrogen (secondary N) is 1. The monoisotopic (exact) mass is 600 g/mol. The Morgan fingerprint density at radius 1 is 1.21 bits per heavy atom. The normalized spacial score (nSPS) is 16.8. The first-order valence-corrected chi connectivity index (χ1v) is 14.9. The summed E-state index contributed by atoms with van der Waals surface area (Å²) in [5.74, 6) is 0.580. The molecular weight excluding hydrogens is 573 g/mol. The van der Waals surface area contributed by atoms with E-state index in [1.165, 1.54) is 30.2 Å². The Labute approximate surface area is 251 Å². The Morgan fingerprint density at radius 3 is 2.76 bits per heavy atom. The first kappa shape index (κ1) is 28.9. The minimum Gasteiger partial charge on any atom is -0.497 e. The molecule has 1 unspecified atom stereocenters. The maximum absolute atomic E-state index is 13.2. The van der Waals surface area contributed by atoms with Gasteiger partial charge < -0.3 is 20.5 Å². The number of allylic oxidation sites excluding steroid dienone is 4. The van der Waals surface area contributed by atoms with E-state index in [9.17, 15) is 14.9 Å². The molecule has 0 saturated carbocycles. The Hall–Kier alpha value is -4.60. The average molecular weight is 601 g/mol. The fourth-order valence-corrected chi connectivity index (χ4v) is 6.57. The van der Waals surface area contributed by atoms with Crippen molar-refractivity contribution in [1.29, 1.82) is 5.26 Å². The van der Waals surface area contributed by atoms with Crippen LogP contribution in [0, 0.1) is 17.2 Å². The van der Waals surface area contributed by atoms with Crippen molar-refractivity contribution in [3.05, 3.63) is 82.8 Å². The summed E-state index contributed by atoms with van der Waals surface area (Å²) >= 11 is 2.46. The highest BCUT2D eigenvalue weighted by atomic mass is 32.2. The molecule has 1 amide bonds. The van der Waals surface area contributed by atoms with E-state index in [0.29, 0.717) is 51.5 Å². The molecule has 1 aliphatic heterocycles. The van der Waals surface area contributed by atoms with Gasteiger partial charge in [0.05, 0.1) is 37.3 Å². The second kappa shape index (κ2) is 12.9. The van der Waals surface area contributed by atoms with Crippen molar-refractivity contribution in [2.45, 2.75) is 23.6 Å². The molecule has 0 spiro atoms. The van der Waals surface area contributed by atoms with Gasteiger partial charge in [0.25, 0.3) is 0 Å². The molecule has 0 fully saturated rings. The number of Topliss-reactive ketones (excluding diaryl/α,β-unsaturated/α-hetero) is 1. The van der Waals surface area contributed by atoms with E-state index in [0.717, 1.165) is 11.3 Å². The second-order valence-electron chi connectivity index (χ2n) is 9.38. The highest BCUT2D eigenvalue weighted by molar-refractivity contribution is 8.01. The summed E-state index contributed by atoms with van der Waals surface area (Å²) in [5, 5.41) is 22.0. The molecule has 5 rings (SSSR count). The number of carbonyl (C=O) groups is 2. The molecule has 0 saturated heterocycles. The van der Waals surface area contributed by atoms with Crippen molar-refractivity contribution in [1.82, 2.24) is 10.2 Å². The molecule has 0 radical (unpaired) electrons. The zero-order valence-electron chi connectivity index (χ0n) is 23.0. The maximum atomic E-state index is 13.2. The number of benzene rings is 2. The summed E-state index contributed by atoms with van der Waals surface area (Å²) in [5.41, 5.74) is 9.63. The molecule has 42 heavy (non-hydrogen) atoms. The Bertz CT molecular complexity index is 1640. The molecule has 3 aromatic rings. The quantitative estimate of drug-likeness (QED) is 0.317. The third-order valence-electron chi connectivity index (χ3n) is 6.83. The number of rotatable bonds is 9. The predicted molar refractivity (Wildman–Crippen MR) is 163 cm³/mol. The highest BCUT2D eigenvalue weighted by Gasteiger charge is 2.39. The van der Waals surface area contributed by atoms with E-state index in [1.54, 1.807) is 30.2 Å². The number of nitriles is 1. The van der Waals surface area contributed by atoms with Crippen molar-refractivity contribution in [3.8, 4) is 17.6 Å². The van der Waals surface area contributed by atoms with E-state index in [2.05, 4.69) is 21.6 Å². The number of aromatic nitrogens is 2. The van der Waals surface area contributed by atoms with E-state index in [1.807, 2.05) is 42.5 Å². The number of hydrogen-bond donors (Lipinski definition) is 2. The van der Waals surface area contributed by atoms with Crippen LogP contribution in [0.2, 0.25) is 0 Å². The van der Waals surface area contributed by atoms with Crippen LogP contribution in [-0.4, -0.2) is 41.9 Å². The Kier molecular flexibility index (Phi) is 8.90. The van der Waals surface area contributed by atoms with Gasteiger partial charge in [0.15, 0.2) is 10.1 Å². The van der Waals surface area contributed by atoms with Crippen LogP contribution in [0.3, 0.4) is 0 Å². The largest absolute Gasteiger partial charge is 0.497 e. The van der Waals surface area contributed by atoms with E-state index >= 15 is 0 Å². The lowest BCUT2D eigenvalue weighted by atomic mass is 9.79. The fourth-order valence-electron chi connectivity index (χ4n) is 4.89. The van der Waals surface area contributed by atoms with E-state index in [4.69, 9.17) is 15.2 Å². The van der Waals surface area contributed by atoms with Crippen LogP contribution in [0.25, 0.3) is 6.08 Å². The molecule has 12 heteroatoms. The molecular formula is C30H28N6O4S2. The Balaban J connectivity index is 1.37. The number of methoxy groups -OCH3 is 2. The van der Waals surface area contributed by atoms with Crippen LogP contribution in [-0.2, 0) is 9.59 Å². The molecule has 10 nitrogen and oxygen atoms in total. The summed E-state index contributed by atoms with van der Waals surface area (Å²) in [4.78, 5) is 27.6. The van der Waals surface area contributed by atoms with Crippen molar-refractivity contribution >= 4 is 51.7 Å². The van der Waals surface area contributed by atoms with Crippen molar-refractivity contribution < 1.29 is 19.1 Å². The number of ketones is 1. The van der Waals surface area contributed by atoms with Crippen molar-refractivity contribution in [2.24, 2.45) is 11.7 Å². The molecule has 1 atom stereocenters. The highest BCUT2D eigenvalue weighted by Crippen LogP contribution is 2.44. The molecule has 2 aromatic carbocycles. The van der Waals surface area contributed by atoms with Gasteiger partial charge in [0.2, 0.25) is 11.0 Å². The number of hydrogen-bond acceptors (Lipinski definition) is 11. The zero-order valence-corrected chi connectivity index (χ0v) is 24.6. The van der Waals surface area contributed by atoms with Crippen LogP contribution in [0.1, 0.15) is 24.8 Å². The van der Waals surface area contributed by atoms with Crippen LogP contribution >= 0.6 is 23.1 Å². The van der Waals surface area contributed by atoms with Gasteiger partial charge in [-0.05, 0) is 30.5 Å². The minimum atomic E-state index is -0.548. The van der Waals surface area contributed by atoms with Gasteiger partial charge in [-0.15, -0.1) is 10.2 Å². The zero-order chi connectivity index (χ0) is 29.6. The van der Waals surface area contributed by atoms with E-state index in [-0.39, 0.29) is 28.8 Å². The third-order valence-corrected chi connectivity index (χ3v) is 8.87. The van der Waals surface area contributed by atoms with Crippen LogP contribution in [0.4, 0.5) is 10.8 Å². The molecule has 2 aliphatic rings. The molecule has 1 aromatic heterocycles. The number of nitrogens with two attached hydrogens (primary N) is 1. The van der Waals surface area contributed by atoms with E-state index < -0.39 is 5.92 Å².